The van der Waals surface area contributed by atoms with Gasteiger partial charge in [0.05, 0.1) is 0 Å². The van der Waals surface area contributed by atoms with Crippen LogP contribution >= 0.6 is 27.5 Å². The molecule has 3 heteroatoms. The Morgan fingerprint density at radius 2 is 2.10 bits per heavy atom. The molecule has 1 fully saturated rings. The topological polar surface area (TPSA) is 12.0 Å². The lowest BCUT2D eigenvalue weighted by molar-refractivity contribution is 0.209. The van der Waals surface area contributed by atoms with Crippen molar-refractivity contribution >= 4 is 27.5 Å². The summed E-state index contributed by atoms with van der Waals surface area (Å²) >= 11 is 9.85. The highest BCUT2D eigenvalue weighted by Gasteiger charge is 2.28. The van der Waals surface area contributed by atoms with Gasteiger partial charge in [-0.3, -0.25) is 0 Å². The lowest BCUT2D eigenvalue weighted by Gasteiger charge is -2.35. The largest absolute Gasteiger partial charge is 0.310 e. The van der Waals surface area contributed by atoms with E-state index in [1.54, 1.807) is 0 Å². The molecule has 3 unspecified atom stereocenters. The summed E-state index contributed by atoms with van der Waals surface area (Å²) in [5, 5.41) is 4.60. The Hall–Kier alpha value is -0.0500. The molecule has 0 radical (unpaired) electrons. The molecule has 0 heterocycles. The van der Waals surface area contributed by atoms with Crippen LogP contribution in [-0.2, 0) is 0 Å². The van der Waals surface area contributed by atoms with Gasteiger partial charge in [-0.2, -0.15) is 0 Å². The molecule has 1 N–H and O–H groups in total. The van der Waals surface area contributed by atoms with Crippen LogP contribution in [0.3, 0.4) is 0 Å². The Kier molecular flexibility index (Phi) is 7.04. The number of benzene rings is 1. The van der Waals surface area contributed by atoms with E-state index in [0.717, 1.165) is 27.9 Å². The maximum absolute atomic E-state index is 6.27. The van der Waals surface area contributed by atoms with Crippen LogP contribution in [0.1, 0.15) is 64.0 Å². The number of halogens is 2. The number of nitrogens with one attached hydrogen (secondary N) is 1. The van der Waals surface area contributed by atoms with Crippen LogP contribution in [0.5, 0.6) is 0 Å². The van der Waals surface area contributed by atoms with E-state index in [1.807, 2.05) is 6.07 Å². The van der Waals surface area contributed by atoms with Gasteiger partial charge in [-0.1, -0.05) is 60.6 Å². The predicted molar refractivity (Wildman–Crippen MR) is 95.9 cm³/mol. The minimum atomic E-state index is 0.439. The number of hydrogen-bond acceptors (Lipinski definition) is 1. The van der Waals surface area contributed by atoms with Gasteiger partial charge in [-0.25, -0.2) is 0 Å². The Morgan fingerprint density at radius 3 is 2.76 bits per heavy atom. The second-order valence-electron chi connectivity index (χ2n) is 6.34. The molecule has 0 bridgehead atoms. The summed E-state index contributed by atoms with van der Waals surface area (Å²) in [6, 6.07) is 6.77. The van der Waals surface area contributed by atoms with Crippen molar-refractivity contribution in [2.45, 2.75) is 58.4 Å². The van der Waals surface area contributed by atoms with Crippen molar-refractivity contribution in [3.63, 3.8) is 0 Å². The fourth-order valence-electron chi connectivity index (χ4n) is 3.62. The van der Waals surface area contributed by atoms with Crippen molar-refractivity contribution in [1.82, 2.24) is 5.32 Å². The molecule has 118 valence electrons. The SMILES string of the molecule is CCCNC(c1cc(Cl)cc(Br)c1)C1CCCC(CC)C1. The average molecular weight is 373 g/mol. The second-order valence-corrected chi connectivity index (χ2v) is 7.69. The summed E-state index contributed by atoms with van der Waals surface area (Å²) < 4.78 is 1.08. The van der Waals surface area contributed by atoms with E-state index in [2.05, 4.69) is 47.2 Å². The molecule has 21 heavy (non-hydrogen) atoms. The summed E-state index contributed by atoms with van der Waals surface area (Å²) in [5.74, 6) is 1.64. The summed E-state index contributed by atoms with van der Waals surface area (Å²) in [4.78, 5) is 0. The molecular formula is C18H27BrClN. The van der Waals surface area contributed by atoms with Crippen LogP contribution < -0.4 is 5.32 Å². The third kappa shape index (κ3) is 4.97. The highest BCUT2D eigenvalue weighted by atomic mass is 79.9. The van der Waals surface area contributed by atoms with Crippen LogP contribution in [0.25, 0.3) is 0 Å². The van der Waals surface area contributed by atoms with Gasteiger partial charge in [0.15, 0.2) is 0 Å². The lowest BCUT2D eigenvalue weighted by atomic mass is 9.75. The zero-order chi connectivity index (χ0) is 15.2. The van der Waals surface area contributed by atoms with Crippen molar-refractivity contribution in [3.05, 3.63) is 33.3 Å². The molecule has 1 aliphatic rings. The van der Waals surface area contributed by atoms with Crippen LogP contribution in [0.4, 0.5) is 0 Å². The van der Waals surface area contributed by atoms with E-state index in [9.17, 15) is 0 Å². The maximum atomic E-state index is 6.27. The normalized spacial score (nSPS) is 24.0. The van der Waals surface area contributed by atoms with Gasteiger partial charge in [-0.05, 0) is 61.4 Å². The van der Waals surface area contributed by atoms with Gasteiger partial charge in [-0.15, -0.1) is 0 Å². The minimum Gasteiger partial charge on any atom is -0.310 e. The fraction of sp³-hybridized carbons (Fsp3) is 0.667. The average Bonchev–Trinajstić information content (AvgIpc) is 2.47. The molecule has 0 saturated heterocycles. The zero-order valence-corrected chi connectivity index (χ0v) is 15.5. The molecule has 1 aromatic rings. The molecule has 1 aliphatic carbocycles. The number of rotatable bonds is 6. The first-order valence-electron chi connectivity index (χ1n) is 8.33. The standard InChI is InChI=1S/C18H27BrClN/c1-3-8-21-18(14-7-5-6-13(4-2)9-14)15-10-16(19)12-17(20)11-15/h10-14,18,21H,3-9H2,1-2H3. The molecule has 1 aromatic carbocycles. The molecule has 0 aliphatic heterocycles. The second kappa shape index (κ2) is 8.55. The van der Waals surface area contributed by atoms with Crippen LogP contribution in [0.2, 0.25) is 5.02 Å². The van der Waals surface area contributed by atoms with Crippen LogP contribution in [0, 0.1) is 11.8 Å². The first kappa shape index (κ1) is 17.3. The highest BCUT2D eigenvalue weighted by Crippen LogP contribution is 2.39. The predicted octanol–water partition coefficient (Wildman–Crippen LogP) is 6.36. The highest BCUT2D eigenvalue weighted by molar-refractivity contribution is 9.10. The third-order valence-corrected chi connectivity index (χ3v) is 5.41. The van der Waals surface area contributed by atoms with Crippen molar-refractivity contribution in [1.29, 1.82) is 0 Å². The van der Waals surface area contributed by atoms with Crippen molar-refractivity contribution in [2.75, 3.05) is 6.54 Å². The zero-order valence-electron chi connectivity index (χ0n) is 13.2. The summed E-state index contributed by atoms with van der Waals surface area (Å²) in [6.07, 6.45) is 7.95. The summed E-state index contributed by atoms with van der Waals surface area (Å²) in [7, 11) is 0. The quantitative estimate of drug-likeness (QED) is 0.612. The number of hydrogen-bond donors (Lipinski definition) is 1. The van der Waals surface area contributed by atoms with Crippen molar-refractivity contribution in [2.24, 2.45) is 11.8 Å². The van der Waals surface area contributed by atoms with Gasteiger partial charge in [0.25, 0.3) is 0 Å². The van der Waals surface area contributed by atoms with E-state index in [0.29, 0.717) is 6.04 Å². The lowest BCUT2D eigenvalue weighted by Crippen LogP contribution is -2.32. The molecule has 0 aromatic heterocycles. The molecule has 1 nitrogen and oxygen atoms in total. The van der Waals surface area contributed by atoms with E-state index in [1.165, 1.54) is 44.1 Å². The molecule has 0 spiro atoms. The molecule has 0 amide bonds. The van der Waals surface area contributed by atoms with Crippen molar-refractivity contribution < 1.29 is 0 Å². The van der Waals surface area contributed by atoms with Crippen molar-refractivity contribution in [3.8, 4) is 0 Å². The van der Waals surface area contributed by atoms with Crippen LogP contribution in [0.15, 0.2) is 22.7 Å². The van der Waals surface area contributed by atoms with E-state index < -0.39 is 0 Å². The first-order valence-corrected chi connectivity index (χ1v) is 9.50. The Bertz CT molecular complexity index is 429. The van der Waals surface area contributed by atoms with E-state index in [4.69, 9.17) is 11.6 Å². The molecule has 1 saturated carbocycles. The fourth-order valence-corrected chi connectivity index (χ4v) is 4.50. The third-order valence-electron chi connectivity index (χ3n) is 4.73. The Labute approximate surface area is 143 Å². The van der Waals surface area contributed by atoms with Gasteiger partial charge in [0, 0.05) is 15.5 Å². The monoisotopic (exact) mass is 371 g/mol. The van der Waals surface area contributed by atoms with Gasteiger partial charge >= 0.3 is 0 Å². The summed E-state index contributed by atoms with van der Waals surface area (Å²) in [5.41, 5.74) is 1.34. The Morgan fingerprint density at radius 1 is 1.29 bits per heavy atom. The van der Waals surface area contributed by atoms with Gasteiger partial charge < -0.3 is 5.32 Å². The molecular weight excluding hydrogens is 346 g/mol. The molecule has 2 rings (SSSR count). The Balaban J connectivity index is 2.20. The minimum absolute atomic E-state index is 0.439. The maximum Gasteiger partial charge on any atom is 0.0420 e. The smallest absolute Gasteiger partial charge is 0.0420 e. The van der Waals surface area contributed by atoms with E-state index in [-0.39, 0.29) is 0 Å². The van der Waals surface area contributed by atoms with Gasteiger partial charge in [0.2, 0.25) is 0 Å². The van der Waals surface area contributed by atoms with Gasteiger partial charge in [0.1, 0.15) is 0 Å². The van der Waals surface area contributed by atoms with E-state index >= 15 is 0 Å². The first-order chi connectivity index (χ1) is 10.1. The summed E-state index contributed by atoms with van der Waals surface area (Å²) in [6.45, 7) is 5.63. The molecule has 3 atom stereocenters. The van der Waals surface area contributed by atoms with Crippen LogP contribution in [-0.4, -0.2) is 6.54 Å².